The van der Waals surface area contributed by atoms with Crippen molar-refractivity contribution in [2.45, 2.75) is 12.5 Å². The molecule has 0 spiro atoms. The number of methoxy groups -OCH3 is 1. The van der Waals surface area contributed by atoms with Crippen LogP contribution < -0.4 is 15.4 Å². The summed E-state index contributed by atoms with van der Waals surface area (Å²) in [4.78, 5) is 0. The summed E-state index contributed by atoms with van der Waals surface area (Å²) in [5, 5.41) is 6.80. The van der Waals surface area contributed by atoms with Gasteiger partial charge >= 0.3 is 0 Å². The highest BCUT2D eigenvalue weighted by molar-refractivity contribution is 5.56. The smallest absolute Gasteiger partial charge is 0.141 e. The first-order valence-electron chi connectivity index (χ1n) is 5.00. The quantitative estimate of drug-likeness (QED) is 0.761. The van der Waals surface area contributed by atoms with Gasteiger partial charge in [0.05, 0.1) is 12.8 Å². The van der Waals surface area contributed by atoms with Gasteiger partial charge < -0.3 is 15.4 Å². The number of benzene rings is 1. The molecule has 1 atom stereocenters. The SMILES string of the molecule is COc1ccccc1N[C@H]1CCNC1. The Hall–Kier alpha value is -1.22. The van der Waals surface area contributed by atoms with Crippen LogP contribution in [0.4, 0.5) is 5.69 Å². The van der Waals surface area contributed by atoms with Gasteiger partial charge in [-0.2, -0.15) is 0 Å². The summed E-state index contributed by atoms with van der Waals surface area (Å²) < 4.78 is 5.27. The number of para-hydroxylation sites is 2. The van der Waals surface area contributed by atoms with Crippen molar-refractivity contribution in [2.75, 3.05) is 25.5 Å². The van der Waals surface area contributed by atoms with Crippen LogP contribution in [0.25, 0.3) is 0 Å². The molecule has 3 heteroatoms. The second kappa shape index (κ2) is 4.33. The first-order chi connectivity index (χ1) is 6.90. The number of ether oxygens (including phenoxy) is 1. The highest BCUT2D eigenvalue weighted by Gasteiger charge is 2.14. The van der Waals surface area contributed by atoms with Crippen molar-refractivity contribution >= 4 is 5.69 Å². The molecule has 0 unspecified atom stereocenters. The predicted molar refractivity (Wildman–Crippen MR) is 57.9 cm³/mol. The molecule has 1 fully saturated rings. The van der Waals surface area contributed by atoms with Crippen LogP contribution in [0.1, 0.15) is 6.42 Å². The van der Waals surface area contributed by atoms with Crippen molar-refractivity contribution in [1.29, 1.82) is 0 Å². The van der Waals surface area contributed by atoms with Gasteiger partial charge in [0, 0.05) is 12.6 Å². The van der Waals surface area contributed by atoms with Gasteiger partial charge in [0.25, 0.3) is 0 Å². The molecule has 0 amide bonds. The molecule has 1 heterocycles. The molecule has 0 radical (unpaired) electrons. The fourth-order valence-electron chi connectivity index (χ4n) is 1.76. The molecule has 0 aromatic heterocycles. The second-order valence-corrected chi connectivity index (χ2v) is 3.53. The van der Waals surface area contributed by atoms with E-state index in [1.165, 1.54) is 6.42 Å². The average molecular weight is 192 g/mol. The Kier molecular flexibility index (Phi) is 2.89. The summed E-state index contributed by atoms with van der Waals surface area (Å²) >= 11 is 0. The van der Waals surface area contributed by atoms with Gasteiger partial charge in [-0.25, -0.2) is 0 Å². The van der Waals surface area contributed by atoms with Crippen LogP contribution in [-0.2, 0) is 0 Å². The number of nitrogens with one attached hydrogen (secondary N) is 2. The Bertz CT molecular complexity index is 295. The van der Waals surface area contributed by atoms with E-state index in [-0.39, 0.29) is 0 Å². The van der Waals surface area contributed by atoms with Crippen LogP contribution in [0, 0.1) is 0 Å². The molecule has 2 N–H and O–H groups in total. The normalized spacial score (nSPS) is 20.8. The lowest BCUT2D eigenvalue weighted by molar-refractivity contribution is 0.416. The zero-order chi connectivity index (χ0) is 9.80. The Morgan fingerprint density at radius 3 is 3.00 bits per heavy atom. The molecular formula is C11H16N2O. The molecule has 14 heavy (non-hydrogen) atoms. The minimum atomic E-state index is 0.534. The molecule has 1 aromatic carbocycles. The number of rotatable bonds is 3. The molecule has 0 aliphatic carbocycles. The van der Waals surface area contributed by atoms with E-state index in [0.717, 1.165) is 24.5 Å². The van der Waals surface area contributed by atoms with Crippen LogP contribution >= 0.6 is 0 Å². The topological polar surface area (TPSA) is 33.3 Å². The minimum absolute atomic E-state index is 0.534. The molecule has 2 rings (SSSR count). The van der Waals surface area contributed by atoms with Crippen molar-refractivity contribution < 1.29 is 4.74 Å². The molecule has 1 aliphatic heterocycles. The number of hydrogen-bond acceptors (Lipinski definition) is 3. The first kappa shape index (κ1) is 9.34. The fraction of sp³-hybridized carbons (Fsp3) is 0.455. The third-order valence-electron chi connectivity index (χ3n) is 2.53. The molecule has 1 saturated heterocycles. The van der Waals surface area contributed by atoms with Crippen molar-refractivity contribution in [3.63, 3.8) is 0 Å². The van der Waals surface area contributed by atoms with Gasteiger partial charge in [-0.3, -0.25) is 0 Å². The number of anilines is 1. The predicted octanol–water partition coefficient (Wildman–Crippen LogP) is 1.47. The first-order valence-corrected chi connectivity index (χ1v) is 5.00. The van der Waals surface area contributed by atoms with E-state index in [1.807, 2.05) is 18.2 Å². The summed E-state index contributed by atoms with van der Waals surface area (Å²) in [6.07, 6.45) is 1.18. The van der Waals surface area contributed by atoms with E-state index < -0.39 is 0 Å². The van der Waals surface area contributed by atoms with Crippen LogP contribution in [0.5, 0.6) is 5.75 Å². The summed E-state index contributed by atoms with van der Waals surface area (Å²) in [6.45, 7) is 2.14. The lowest BCUT2D eigenvalue weighted by atomic mass is 10.2. The van der Waals surface area contributed by atoms with E-state index in [9.17, 15) is 0 Å². The minimum Gasteiger partial charge on any atom is -0.495 e. The van der Waals surface area contributed by atoms with Gasteiger partial charge in [0.1, 0.15) is 5.75 Å². The summed E-state index contributed by atoms with van der Waals surface area (Å²) in [6, 6.07) is 8.57. The average Bonchev–Trinajstić information content (AvgIpc) is 2.71. The Labute approximate surface area is 84.5 Å². The summed E-state index contributed by atoms with van der Waals surface area (Å²) in [5.74, 6) is 0.916. The van der Waals surface area contributed by atoms with Crippen LogP contribution in [0.15, 0.2) is 24.3 Å². The third kappa shape index (κ3) is 1.99. The van der Waals surface area contributed by atoms with E-state index in [2.05, 4.69) is 16.7 Å². The van der Waals surface area contributed by atoms with E-state index in [1.54, 1.807) is 7.11 Å². The maximum Gasteiger partial charge on any atom is 0.141 e. The highest BCUT2D eigenvalue weighted by Crippen LogP contribution is 2.24. The van der Waals surface area contributed by atoms with E-state index in [4.69, 9.17) is 4.74 Å². The van der Waals surface area contributed by atoms with Gasteiger partial charge in [-0.05, 0) is 25.1 Å². The fourth-order valence-corrected chi connectivity index (χ4v) is 1.76. The summed E-state index contributed by atoms with van der Waals surface area (Å²) in [7, 11) is 1.70. The van der Waals surface area contributed by atoms with Crippen LogP contribution in [0.3, 0.4) is 0 Å². The van der Waals surface area contributed by atoms with E-state index >= 15 is 0 Å². The van der Waals surface area contributed by atoms with Gasteiger partial charge in [0.2, 0.25) is 0 Å². The van der Waals surface area contributed by atoms with Gasteiger partial charge in [-0.15, -0.1) is 0 Å². The molecule has 3 nitrogen and oxygen atoms in total. The molecular weight excluding hydrogens is 176 g/mol. The van der Waals surface area contributed by atoms with Crippen molar-refractivity contribution in [2.24, 2.45) is 0 Å². The summed E-state index contributed by atoms with van der Waals surface area (Å²) in [5.41, 5.74) is 1.09. The maximum atomic E-state index is 5.27. The molecule has 1 aliphatic rings. The van der Waals surface area contributed by atoms with Crippen molar-refractivity contribution in [1.82, 2.24) is 5.32 Å². The van der Waals surface area contributed by atoms with Gasteiger partial charge in [0.15, 0.2) is 0 Å². The second-order valence-electron chi connectivity index (χ2n) is 3.53. The Balaban J connectivity index is 2.07. The zero-order valence-corrected chi connectivity index (χ0v) is 8.42. The standard InChI is InChI=1S/C11H16N2O/c1-14-11-5-3-2-4-10(11)13-9-6-7-12-8-9/h2-5,9,12-13H,6-8H2,1H3/t9-/m0/s1. The largest absolute Gasteiger partial charge is 0.495 e. The molecule has 0 saturated carbocycles. The van der Waals surface area contributed by atoms with Crippen molar-refractivity contribution in [3.8, 4) is 5.75 Å². The van der Waals surface area contributed by atoms with Crippen molar-refractivity contribution in [3.05, 3.63) is 24.3 Å². The monoisotopic (exact) mass is 192 g/mol. The van der Waals surface area contributed by atoms with Crippen LogP contribution in [-0.4, -0.2) is 26.2 Å². The Morgan fingerprint density at radius 2 is 2.29 bits per heavy atom. The van der Waals surface area contributed by atoms with E-state index in [0.29, 0.717) is 6.04 Å². The number of hydrogen-bond donors (Lipinski definition) is 2. The molecule has 0 bridgehead atoms. The lowest BCUT2D eigenvalue weighted by Crippen LogP contribution is -2.22. The zero-order valence-electron chi connectivity index (χ0n) is 8.42. The third-order valence-corrected chi connectivity index (χ3v) is 2.53. The molecule has 76 valence electrons. The maximum absolute atomic E-state index is 5.27. The van der Waals surface area contributed by atoms with Crippen LogP contribution in [0.2, 0.25) is 0 Å². The Morgan fingerprint density at radius 1 is 1.43 bits per heavy atom. The lowest BCUT2D eigenvalue weighted by Gasteiger charge is -2.15. The molecule has 1 aromatic rings. The van der Waals surface area contributed by atoms with Gasteiger partial charge in [-0.1, -0.05) is 12.1 Å². The highest BCUT2D eigenvalue weighted by atomic mass is 16.5.